The summed E-state index contributed by atoms with van der Waals surface area (Å²) in [6.45, 7) is 2.97. The Labute approximate surface area is 135 Å². The average Bonchev–Trinajstić information content (AvgIpc) is 3.25. The van der Waals surface area contributed by atoms with Gasteiger partial charge in [-0.1, -0.05) is 30.3 Å². The van der Waals surface area contributed by atoms with E-state index in [4.69, 9.17) is 9.15 Å². The lowest BCUT2D eigenvalue weighted by atomic mass is 10.1. The van der Waals surface area contributed by atoms with Crippen molar-refractivity contribution in [2.45, 2.75) is 38.5 Å². The van der Waals surface area contributed by atoms with Crippen LogP contribution in [0.4, 0.5) is 4.79 Å². The van der Waals surface area contributed by atoms with E-state index < -0.39 is 0 Å². The molecule has 0 saturated carbocycles. The summed E-state index contributed by atoms with van der Waals surface area (Å²) >= 11 is 0. The Morgan fingerprint density at radius 3 is 2.96 bits per heavy atom. The van der Waals surface area contributed by atoms with Gasteiger partial charge in [0.25, 0.3) is 0 Å². The first-order chi connectivity index (χ1) is 11.2. The molecule has 0 spiro atoms. The van der Waals surface area contributed by atoms with E-state index >= 15 is 0 Å². The predicted octanol–water partition coefficient (Wildman–Crippen LogP) is 2.71. The average molecular weight is 315 g/mol. The van der Waals surface area contributed by atoms with Crippen LogP contribution in [0.1, 0.15) is 25.7 Å². The number of aromatic nitrogens is 1. The van der Waals surface area contributed by atoms with Crippen LogP contribution >= 0.6 is 0 Å². The van der Waals surface area contributed by atoms with Crippen LogP contribution in [0.25, 0.3) is 11.3 Å². The smallest absolute Gasteiger partial charge is 0.315 e. The monoisotopic (exact) mass is 315 g/mol. The molecule has 2 amide bonds. The third-order valence-electron chi connectivity index (χ3n) is 3.89. The Kier molecular flexibility index (Phi) is 4.92. The van der Waals surface area contributed by atoms with Crippen molar-refractivity contribution in [1.29, 1.82) is 0 Å². The number of carbonyl (C=O) groups is 1. The van der Waals surface area contributed by atoms with Gasteiger partial charge in [0, 0.05) is 12.2 Å². The first-order valence-corrected chi connectivity index (χ1v) is 7.88. The number of benzene rings is 1. The zero-order valence-electron chi connectivity index (χ0n) is 13.1. The molecule has 0 bridgehead atoms. The van der Waals surface area contributed by atoms with Crippen LogP contribution in [0, 0.1) is 0 Å². The lowest BCUT2D eigenvalue weighted by Gasteiger charge is -2.19. The molecule has 1 fully saturated rings. The Hall–Kier alpha value is -2.34. The van der Waals surface area contributed by atoms with Crippen LogP contribution in [0.15, 0.2) is 40.9 Å². The van der Waals surface area contributed by atoms with Gasteiger partial charge < -0.3 is 19.8 Å². The number of hydrogen-bond acceptors (Lipinski definition) is 4. The van der Waals surface area contributed by atoms with Crippen molar-refractivity contribution in [1.82, 2.24) is 15.6 Å². The fourth-order valence-electron chi connectivity index (χ4n) is 2.63. The topological polar surface area (TPSA) is 76.4 Å². The van der Waals surface area contributed by atoms with Gasteiger partial charge in [0.1, 0.15) is 0 Å². The number of carbonyl (C=O) groups excluding carboxylic acids is 1. The van der Waals surface area contributed by atoms with E-state index in [0.29, 0.717) is 11.7 Å². The van der Waals surface area contributed by atoms with Gasteiger partial charge in [-0.05, 0) is 19.8 Å². The highest BCUT2D eigenvalue weighted by Crippen LogP contribution is 2.19. The molecule has 0 radical (unpaired) electrons. The summed E-state index contributed by atoms with van der Waals surface area (Å²) in [5, 5.41) is 5.64. The lowest BCUT2D eigenvalue weighted by molar-refractivity contribution is 0.0860. The second-order valence-electron chi connectivity index (χ2n) is 5.65. The molecule has 122 valence electrons. The number of rotatable bonds is 5. The summed E-state index contributed by atoms with van der Waals surface area (Å²) in [7, 11) is 0. The number of nitrogens with zero attached hydrogens (tertiary/aromatic N) is 1. The molecular formula is C17H21N3O3. The number of urea groups is 1. The van der Waals surface area contributed by atoms with E-state index in [2.05, 4.69) is 15.6 Å². The van der Waals surface area contributed by atoms with Crippen molar-refractivity contribution < 1.29 is 13.9 Å². The van der Waals surface area contributed by atoms with Crippen molar-refractivity contribution in [2.24, 2.45) is 0 Å². The van der Waals surface area contributed by atoms with E-state index in [0.717, 1.165) is 25.0 Å². The number of hydrogen-bond donors (Lipinski definition) is 2. The zero-order valence-corrected chi connectivity index (χ0v) is 13.1. The molecular weight excluding hydrogens is 294 g/mol. The second kappa shape index (κ2) is 7.28. The third-order valence-corrected chi connectivity index (χ3v) is 3.89. The Bertz CT molecular complexity index is 636. The standard InChI is InChI=1S/C17H21N3O3/c1-12(14-8-5-9-22-14)20-17(21)19-11-16-18-10-15(23-16)13-6-3-2-4-7-13/h2-4,6-7,10,12,14H,5,8-9,11H2,1H3,(H2,19,20,21)/t12-,14-/m0/s1. The summed E-state index contributed by atoms with van der Waals surface area (Å²) in [6.07, 6.45) is 3.81. The molecule has 2 N–H and O–H groups in total. The van der Waals surface area contributed by atoms with Gasteiger partial charge in [0.15, 0.2) is 5.76 Å². The van der Waals surface area contributed by atoms with Gasteiger partial charge in [-0.3, -0.25) is 0 Å². The fourth-order valence-corrected chi connectivity index (χ4v) is 2.63. The minimum Gasteiger partial charge on any atom is -0.439 e. The Morgan fingerprint density at radius 1 is 1.39 bits per heavy atom. The van der Waals surface area contributed by atoms with Crippen LogP contribution < -0.4 is 10.6 Å². The quantitative estimate of drug-likeness (QED) is 0.889. The van der Waals surface area contributed by atoms with E-state index in [1.54, 1.807) is 6.20 Å². The van der Waals surface area contributed by atoms with Crippen LogP contribution in [0.3, 0.4) is 0 Å². The first kappa shape index (κ1) is 15.6. The summed E-state index contributed by atoms with van der Waals surface area (Å²) in [5.41, 5.74) is 0.961. The molecule has 0 unspecified atom stereocenters. The minimum absolute atomic E-state index is 0.0121. The Balaban J connectivity index is 1.48. The maximum atomic E-state index is 11.9. The SMILES string of the molecule is C[C@H](NC(=O)NCc1ncc(-c2ccccc2)o1)[C@@H]1CCCO1. The summed E-state index contributed by atoms with van der Waals surface area (Å²) in [5.74, 6) is 1.17. The highest BCUT2D eigenvalue weighted by Gasteiger charge is 2.23. The van der Waals surface area contributed by atoms with Crippen LogP contribution in [-0.2, 0) is 11.3 Å². The maximum absolute atomic E-state index is 11.9. The second-order valence-corrected chi connectivity index (χ2v) is 5.65. The first-order valence-electron chi connectivity index (χ1n) is 7.88. The lowest BCUT2D eigenvalue weighted by Crippen LogP contribution is -2.45. The zero-order chi connectivity index (χ0) is 16.1. The number of ether oxygens (including phenoxy) is 1. The van der Waals surface area contributed by atoms with Crippen LogP contribution in [0.2, 0.25) is 0 Å². The molecule has 2 atom stereocenters. The molecule has 2 heterocycles. The summed E-state index contributed by atoms with van der Waals surface area (Å²) < 4.78 is 11.2. The minimum atomic E-state index is -0.243. The van der Waals surface area contributed by atoms with Gasteiger partial charge in [-0.25, -0.2) is 9.78 Å². The molecule has 1 aromatic carbocycles. The highest BCUT2D eigenvalue weighted by atomic mass is 16.5. The van der Waals surface area contributed by atoms with E-state index in [1.807, 2.05) is 37.3 Å². The maximum Gasteiger partial charge on any atom is 0.315 e. The summed E-state index contributed by atoms with van der Waals surface area (Å²) in [4.78, 5) is 16.1. The van der Waals surface area contributed by atoms with Gasteiger partial charge >= 0.3 is 6.03 Å². The molecule has 0 aliphatic carbocycles. The largest absolute Gasteiger partial charge is 0.439 e. The fraction of sp³-hybridized carbons (Fsp3) is 0.412. The third kappa shape index (κ3) is 4.10. The van der Waals surface area contributed by atoms with Crippen molar-refractivity contribution in [3.05, 3.63) is 42.4 Å². The molecule has 2 aromatic rings. The van der Waals surface area contributed by atoms with Crippen molar-refractivity contribution >= 4 is 6.03 Å². The number of nitrogens with one attached hydrogen (secondary N) is 2. The van der Waals surface area contributed by atoms with Crippen molar-refractivity contribution in [2.75, 3.05) is 6.61 Å². The predicted molar refractivity (Wildman–Crippen MR) is 85.7 cm³/mol. The van der Waals surface area contributed by atoms with Gasteiger partial charge in [-0.15, -0.1) is 0 Å². The number of oxazole rings is 1. The van der Waals surface area contributed by atoms with Crippen LogP contribution in [0.5, 0.6) is 0 Å². The Morgan fingerprint density at radius 2 is 2.22 bits per heavy atom. The highest BCUT2D eigenvalue weighted by molar-refractivity contribution is 5.74. The molecule has 1 saturated heterocycles. The normalized spacial score (nSPS) is 18.6. The van der Waals surface area contributed by atoms with Crippen molar-refractivity contribution in [3.63, 3.8) is 0 Å². The van der Waals surface area contributed by atoms with Gasteiger partial charge in [0.2, 0.25) is 5.89 Å². The van der Waals surface area contributed by atoms with Crippen LogP contribution in [-0.4, -0.2) is 29.8 Å². The molecule has 1 aromatic heterocycles. The van der Waals surface area contributed by atoms with E-state index in [9.17, 15) is 4.79 Å². The molecule has 6 heteroatoms. The molecule has 3 rings (SSSR count). The van der Waals surface area contributed by atoms with Gasteiger partial charge in [0.05, 0.1) is 24.9 Å². The number of amides is 2. The molecule has 1 aliphatic rings. The molecule has 1 aliphatic heterocycles. The van der Waals surface area contributed by atoms with E-state index in [-0.39, 0.29) is 24.7 Å². The van der Waals surface area contributed by atoms with Crippen molar-refractivity contribution in [3.8, 4) is 11.3 Å². The van der Waals surface area contributed by atoms with E-state index in [1.165, 1.54) is 0 Å². The molecule has 23 heavy (non-hydrogen) atoms. The molecule has 6 nitrogen and oxygen atoms in total. The summed E-state index contributed by atoms with van der Waals surface area (Å²) in [6, 6.07) is 9.48. The van der Waals surface area contributed by atoms with Gasteiger partial charge in [-0.2, -0.15) is 0 Å².